The first-order valence-electron chi connectivity index (χ1n) is 10.9. The highest BCUT2D eigenvalue weighted by Crippen LogP contribution is 2.31. The number of hydrazone groups is 1. The molecule has 0 amide bonds. The van der Waals surface area contributed by atoms with Crippen LogP contribution in [0.1, 0.15) is 24.0 Å². The highest BCUT2D eigenvalue weighted by molar-refractivity contribution is 6.34. The summed E-state index contributed by atoms with van der Waals surface area (Å²) in [4.78, 5) is 6.89. The van der Waals surface area contributed by atoms with Crippen molar-refractivity contribution < 1.29 is 4.39 Å². The fourth-order valence-electron chi connectivity index (χ4n) is 4.21. The Morgan fingerprint density at radius 1 is 1.06 bits per heavy atom. The van der Waals surface area contributed by atoms with Gasteiger partial charge in [0.2, 0.25) is 0 Å². The first-order valence-corrected chi connectivity index (χ1v) is 11.3. The molecule has 3 aromatic rings. The van der Waals surface area contributed by atoms with Crippen molar-refractivity contribution in [3.8, 4) is 11.1 Å². The Hall–Kier alpha value is -3.20. The van der Waals surface area contributed by atoms with E-state index >= 15 is 0 Å². The third-order valence-electron chi connectivity index (χ3n) is 5.90. The summed E-state index contributed by atoms with van der Waals surface area (Å²) in [5.74, 6) is 0.388. The molecule has 0 spiro atoms. The van der Waals surface area contributed by atoms with Crippen LogP contribution in [0.25, 0.3) is 11.1 Å². The molecule has 3 heterocycles. The van der Waals surface area contributed by atoms with Crippen LogP contribution in [0.4, 0.5) is 15.9 Å². The van der Waals surface area contributed by atoms with Crippen LogP contribution >= 0.6 is 11.6 Å². The number of aromatic nitrogens is 1. The minimum atomic E-state index is -0.404. The second-order valence-corrected chi connectivity index (χ2v) is 8.72. The largest absolute Gasteiger partial charge is 0.383 e. The molecule has 5 rings (SSSR count). The molecule has 3 N–H and O–H groups in total. The molecule has 2 aromatic carbocycles. The summed E-state index contributed by atoms with van der Waals surface area (Å²) in [5, 5.41) is 8.00. The number of hydrogen-bond acceptors (Lipinski definition) is 7. The summed E-state index contributed by atoms with van der Waals surface area (Å²) < 4.78 is 13.9. The second-order valence-electron chi connectivity index (χ2n) is 8.32. The van der Waals surface area contributed by atoms with Gasteiger partial charge >= 0.3 is 0 Å². The van der Waals surface area contributed by atoms with Crippen LogP contribution in [0.3, 0.4) is 0 Å². The Kier molecular flexibility index (Phi) is 5.88. The number of pyridine rings is 1. The quantitative estimate of drug-likeness (QED) is 0.586. The zero-order valence-electron chi connectivity index (χ0n) is 18.3. The molecule has 33 heavy (non-hydrogen) atoms. The van der Waals surface area contributed by atoms with E-state index in [1.807, 2.05) is 6.07 Å². The smallest absolute Gasteiger partial charge is 0.181 e. The van der Waals surface area contributed by atoms with Crippen molar-refractivity contribution >= 4 is 28.9 Å². The van der Waals surface area contributed by atoms with Crippen molar-refractivity contribution in [2.24, 2.45) is 5.10 Å². The van der Waals surface area contributed by atoms with Crippen LogP contribution in [0.5, 0.6) is 0 Å². The molecule has 0 saturated carbocycles. The van der Waals surface area contributed by atoms with E-state index in [0.717, 1.165) is 17.7 Å². The van der Waals surface area contributed by atoms with Gasteiger partial charge in [0.25, 0.3) is 0 Å². The molecule has 9 heteroatoms. The molecule has 170 valence electrons. The second kappa shape index (κ2) is 8.97. The molecule has 2 aliphatic rings. The molecule has 0 unspecified atom stereocenters. The number of nitrogens with zero attached hydrogens (tertiary/aromatic N) is 5. The molecule has 0 radical (unpaired) electrons. The van der Waals surface area contributed by atoms with E-state index in [0.29, 0.717) is 27.9 Å². The monoisotopic (exact) mass is 465 g/mol. The molecule has 1 aromatic heterocycles. The molecular weight excluding hydrogens is 441 g/mol. The van der Waals surface area contributed by atoms with Crippen LogP contribution in [-0.2, 0) is 6.54 Å². The summed E-state index contributed by atoms with van der Waals surface area (Å²) in [7, 11) is 1.74. The Morgan fingerprint density at radius 3 is 2.58 bits per heavy atom. The van der Waals surface area contributed by atoms with E-state index in [4.69, 9.17) is 17.3 Å². The highest BCUT2D eigenvalue weighted by Gasteiger charge is 2.28. The molecule has 0 atom stereocenters. The first kappa shape index (κ1) is 21.6. The van der Waals surface area contributed by atoms with E-state index in [2.05, 4.69) is 44.8 Å². The van der Waals surface area contributed by atoms with Gasteiger partial charge in [-0.15, -0.1) is 10.6 Å². The predicted octanol–water partition coefficient (Wildman–Crippen LogP) is 4.25. The van der Waals surface area contributed by atoms with Crippen molar-refractivity contribution in [3.63, 3.8) is 0 Å². The zero-order chi connectivity index (χ0) is 22.9. The van der Waals surface area contributed by atoms with Gasteiger partial charge in [-0.2, -0.15) is 0 Å². The van der Waals surface area contributed by atoms with E-state index in [1.54, 1.807) is 18.3 Å². The Bertz CT molecular complexity index is 1190. The van der Waals surface area contributed by atoms with E-state index in [-0.39, 0.29) is 0 Å². The maximum absolute atomic E-state index is 13.9. The summed E-state index contributed by atoms with van der Waals surface area (Å²) in [6, 6.07) is 14.6. The summed E-state index contributed by atoms with van der Waals surface area (Å²) in [5.41, 5.74) is 13.6. The Balaban J connectivity index is 1.45. The average Bonchev–Trinajstić information content (AvgIpc) is 3.46. The van der Waals surface area contributed by atoms with E-state index in [9.17, 15) is 4.39 Å². The topological polar surface area (TPSA) is 73.0 Å². The lowest BCUT2D eigenvalue weighted by Gasteiger charge is -2.22. The minimum Gasteiger partial charge on any atom is -0.383 e. The third-order valence-corrected chi connectivity index (χ3v) is 6.22. The number of hydrogen-bond donors (Lipinski definition) is 2. The molecule has 7 nitrogen and oxygen atoms in total. The maximum Gasteiger partial charge on any atom is 0.181 e. The van der Waals surface area contributed by atoms with Gasteiger partial charge in [-0.3, -0.25) is 4.90 Å². The first-order chi connectivity index (χ1) is 16.0. The predicted molar refractivity (Wildman–Crippen MR) is 130 cm³/mol. The molecule has 1 fully saturated rings. The molecule has 0 bridgehead atoms. The highest BCUT2D eigenvalue weighted by atomic mass is 35.5. The molecule has 2 aliphatic heterocycles. The number of anilines is 2. The minimum absolute atomic E-state index is 0.317. The number of halogens is 2. The summed E-state index contributed by atoms with van der Waals surface area (Å²) in [6.07, 6.45) is 4.31. The van der Waals surface area contributed by atoms with Crippen molar-refractivity contribution in [2.75, 3.05) is 30.9 Å². The Labute approximate surface area is 197 Å². The van der Waals surface area contributed by atoms with Gasteiger partial charge in [0.05, 0.1) is 16.3 Å². The third kappa shape index (κ3) is 4.50. The Morgan fingerprint density at radius 2 is 1.82 bits per heavy atom. The van der Waals surface area contributed by atoms with Gasteiger partial charge in [0, 0.05) is 31.4 Å². The molecule has 1 saturated heterocycles. The van der Waals surface area contributed by atoms with Gasteiger partial charge in [0.15, 0.2) is 5.84 Å². The number of nitrogens with one attached hydrogen (secondary N) is 1. The lowest BCUT2D eigenvalue weighted by atomic mass is 10.0. The van der Waals surface area contributed by atoms with Crippen molar-refractivity contribution in [1.29, 1.82) is 0 Å². The number of hydrazine groups is 2. The van der Waals surface area contributed by atoms with Crippen LogP contribution in [0.15, 0.2) is 59.8 Å². The number of amidine groups is 1. The number of nitrogens with two attached hydrogens (primary N) is 1. The number of rotatable bonds is 5. The van der Waals surface area contributed by atoms with Gasteiger partial charge in [-0.25, -0.2) is 19.5 Å². The average molecular weight is 466 g/mol. The fourth-order valence-corrected chi connectivity index (χ4v) is 4.42. The molecular formula is C24H25ClFN7. The molecule has 0 aliphatic carbocycles. The SMILES string of the molecule is CN1N=C(c2cc(-c3ccc(CN4CCCC4)cc3)cnc2N)N(c2cc(F)ccc2Cl)N1. The van der Waals surface area contributed by atoms with Crippen molar-refractivity contribution in [3.05, 3.63) is 76.7 Å². The van der Waals surface area contributed by atoms with Crippen LogP contribution < -0.4 is 16.3 Å². The van der Waals surface area contributed by atoms with Crippen LogP contribution in [0, 0.1) is 5.82 Å². The number of benzene rings is 2. The van der Waals surface area contributed by atoms with E-state index in [1.165, 1.54) is 54.8 Å². The zero-order valence-corrected chi connectivity index (χ0v) is 19.1. The van der Waals surface area contributed by atoms with Gasteiger partial charge < -0.3 is 5.73 Å². The summed E-state index contributed by atoms with van der Waals surface area (Å²) >= 11 is 6.35. The standard InChI is InChI=1S/C24H25ClFN7/c1-31-29-24(33(30-31)22-13-19(26)8-9-21(22)25)20-12-18(14-28-23(20)27)17-6-4-16(5-7-17)15-32-10-2-3-11-32/h4-9,12-14,30H,2-3,10-11,15H2,1H3,(H2,27,28). The van der Waals surface area contributed by atoms with Crippen LogP contribution in [-0.4, -0.2) is 41.0 Å². The van der Waals surface area contributed by atoms with Crippen molar-refractivity contribution in [1.82, 2.24) is 20.5 Å². The van der Waals surface area contributed by atoms with Crippen molar-refractivity contribution in [2.45, 2.75) is 19.4 Å². The lowest BCUT2D eigenvalue weighted by molar-refractivity contribution is 0.279. The van der Waals surface area contributed by atoms with E-state index < -0.39 is 5.82 Å². The van der Waals surface area contributed by atoms with Crippen LogP contribution in [0.2, 0.25) is 5.02 Å². The fraction of sp³-hybridized carbons (Fsp3) is 0.250. The number of likely N-dealkylation sites (tertiary alicyclic amines) is 1. The lowest BCUT2D eigenvalue weighted by Crippen LogP contribution is -2.42. The summed E-state index contributed by atoms with van der Waals surface area (Å²) in [6.45, 7) is 3.32. The number of nitrogen functional groups attached to an aromatic ring is 1. The van der Waals surface area contributed by atoms with Gasteiger partial charge in [-0.05, 0) is 55.3 Å². The van der Waals surface area contributed by atoms with Gasteiger partial charge in [-0.1, -0.05) is 35.9 Å². The normalized spacial score (nSPS) is 16.5. The maximum atomic E-state index is 13.9. The van der Waals surface area contributed by atoms with Gasteiger partial charge in [0.1, 0.15) is 11.6 Å².